The predicted octanol–water partition coefficient (Wildman–Crippen LogP) is 3.00. The highest BCUT2D eigenvalue weighted by atomic mass is 16.1. The normalized spacial score (nSPS) is 13.8. The fourth-order valence-corrected chi connectivity index (χ4v) is 1.33. The third kappa shape index (κ3) is 4.54. The lowest BCUT2D eigenvalue weighted by atomic mass is 9.83. The van der Waals surface area contributed by atoms with E-state index in [0.717, 1.165) is 12.8 Å². The van der Waals surface area contributed by atoms with Crippen LogP contribution in [0.15, 0.2) is 0 Å². The topological polar surface area (TPSA) is 34.1 Å². The van der Waals surface area contributed by atoms with Crippen LogP contribution in [0.5, 0.6) is 0 Å². The molecule has 0 rings (SSSR count). The average molecular weight is 198 g/mol. The van der Waals surface area contributed by atoms with Crippen molar-refractivity contribution in [1.82, 2.24) is 0 Å². The number of rotatable bonds is 5. The van der Waals surface area contributed by atoms with Crippen LogP contribution < -0.4 is 0 Å². The molecule has 0 N–H and O–H groups in total. The Kier molecular flexibility index (Phi) is 5.03. The Labute approximate surface area is 87.1 Å². The van der Waals surface area contributed by atoms with Gasteiger partial charge in [-0.05, 0) is 13.3 Å². The summed E-state index contributed by atoms with van der Waals surface area (Å²) in [5.41, 5.74) is -0.318. The summed E-state index contributed by atoms with van der Waals surface area (Å²) in [6.45, 7) is 9.32. The highest BCUT2D eigenvalue weighted by Crippen LogP contribution is 2.22. The molecule has 0 bridgehead atoms. The van der Waals surface area contributed by atoms with E-state index in [9.17, 15) is 9.59 Å². The number of ketones is 2. The zero-order valence-corrected chi connectivity index (χ0v) is 10.0. The van der Waals surface area contributed by atoms with Crippen LogP contribution in [-0.4, -0.2) is 11.6 Å². The molecular formula is C12H22O2. The third-order valence-corrected chi connectivity index (χ3v) is 2.48. The Morgan fingerprint density at radius 1 is 1.21 bits per heavy atom. The minimum atomic E-state index is -0.318. The Morgan fingerprint density at radius 3 is 2.00 bits per heavy atom. The highest BCUT2D eigenvalue weighted by molar-refractivity contribution is 5.89. The molecule has 0 aliphatic heterocycles. The van der Waals surface area contributed by atoms with Crippen molar-refractivity contribution in [3.05, 3.63) is 0 Å². The molecule has 1 atom stereocenters. The first kappa shape index (κ1) is 13.3. The summed E-state index contributed by atoms with van der Waals surface area (Å²) in [4.78, 5) is 22.9. The summed E-state index contributed by atoms with van der Waals surface area (Å²) in [6, 6.07) is 0. The van der Waals surface area contributed by atoms with E-state index in [2.05, 4.69) is 0 Å². The number of carbonyl (C=O) groups is 2. The van der Waals surface area contributed by atoms with Crippen LogP contribution in [0, 0.1) is 11.3 Å². The van der Waals surface area contributed by atoms with Gasteiger partial charge >= 0.3 is 0 Å². The summed E-state index contributed by atoms with van der Waals surface area (Å²) in [6.07, 6.45) is 2.20. The number of carbonyl (C=O) groups excluding carboxylic acids is 2. The maximum atomic E-state index is 11.7. The molecule has 0 aromatic rings. The molecule has 0 aliphatic carbocycles. The van der Waals surface area contributed by atoms with Gasteiger partial charge in [-0.25, -0.2) is 0 Å². The largest absolute Gasteiger partial charge is 0.300 e. The van der Waals surface area contributed by atoms with Crippen molar-refractivity contribution in [2.24, 2.45) is 11.3 Å². The molecule has 14 heavy (non-hydrogen) atoms. The van der Waals surface area contributed by atoms with Crippen LogP contribution in [0.2, 0.25) is 0 Å². The van der Waals surface area contributed by atoms with Gasteiger partial charge in [-0.2, -0.15) is 0 Å². The van der Waals surface area contributed by atoms with Crippen molar-refractivity contribution in [3.8, 4) is 0 Å². The first-order valence-corrected chi connectivity index (χ1v) is 5.32. The van der Waals surface area contributed by atoms with E-state index in [4.69, 9.17) is 0 Å². The van der Waals surface area contributed by atoms with E-state index in [1.54, 1.807) is 6.92 Å². The van der Waals surface area contributed by atoms with E-state index >= 15 is 0 Å². The van der Waals surface area contributed by atoms with Gasteiger partial charge in [0.25, 0.3) is 0 Å². The van der Waals surface area contributed by atoms with Gasteiger partial charge in [0, 0.05) is 17.8 Å². The summed E-state index contributed by atoms with van der Waals surface area (Å²) in [5, 5.41) is 0. The average Bonchev–Trinajstić information content (AvgIpc) is 2.01. The summed E-state index contributed by atoms with van der Waals surface area (Å²) < 4.78 is 0. The summed E-state index contributed by atoms with van der Waals surface area (Å²) >= 11 is 0. The molecule has 0 fully saturated rings. The maximum absolute atomic E-state index is 11.7. The van der Waals surface area contributed by atoms with Gasteiger partial charge in [0.1, 0.15) is 11.6 Å². The fraction of sp³-hybridized carbons (Fsp3) is 0.833. The quantitative estimate of drug-likeness (QED) is 0.680. The van der Waals surface area contributed by atoms with Crippen LogP contribution in [0.25, 0.3) is 0 Å². The standard InChI is InChI=1S/C12H22O2/c1-6-7-10(9(2)13)8-11(14)12(3,4)5/h10H,6-8H2,1-5H3. The third-order valence-electron chi connectivity index (χ3n) is 2.48. The van der Waals surface area contributed by atoms with E-state index < -0.39 is 0 Å². The summed E-state index contributed by atoms with van der Waals surface area (Å²) in [7, 11) is 0. The van der Waals surface area contributed by atoms with Gasteiger partial charge in [-0.15, -0.1) is 0 Å². The molecular weight excluding hydrogens is 176 g/mol. The first-order chi connectivity index (χ1) is 6.29. The van der Waals surface area contributed by atoms with E-state index in [0.29, 0.717) is 6.42 Å². The monoisotopic (exact) mass is 198 g/mol. The smallest absolute Gasteiger partial charge is 0.138 e. The lowest BCUT2D eigenvalue weighted by molar-refractivity contribution is -0.131. The van der Waals surface area contributed by atoms with Gasteiger partial charge in [-0.1, -0.05) is 34.1 Å². The predicted molar refractivity (Wildman–Crippen MR) is 58.2 cm³/mol. The Hall–Kier alpha value is -0.660. The highest BCUT2D eigenvalue weighted by Gasteiger charge is 2.25. The van der Waals surface area contributed by atoms with Gasteiger partial charge in [-0.3, -0.25) is 9.59 Å². The summed E-state index contributed by atoms with van der Waals surface area (Å²) in [5.74, 6) is 0.266. The van der Waals surface area contributed by atoms with Crippen molar-refractivity contribution in [2.45, 2.75) is 53.9 Å². The first-order valence-electron chi connectivity index (χ1n) is 5.32. The fourth-order valence-electron chi connectivity index (χ4n) is 1.33. The van der Waals surface area contributed by atoms with Crippen LogP contribution in [-0.2, 0) is 9.59 Å². The van der Waals surface area contributed by atoms with Gasteiger partial charge in [0.15, 0.2) is 0 Å². The second-order valence-electron chi connectivity index (χ2n) is 4.97. The zero-order chi connectivity index (χ0) is 11.4. The molecule has 0 amide bonds. The van der Waals surface area contributed by atoms with Crippen LogP contribution in [0.4, 0.5) is 0 Å². The van der Waals surface area contributed by atoms with Crippen molar-refractivity contribution >= 4 is 11.6 Å². The molecule has 0 heterocycles. The second-order valence-corrected chi connectivity index (χ2v) is 4.97. The molecule has 2 nitrogen and oxygen atoms in total. The minimum Gasteiger partial charge on any atom is -0.300 e. The van der Waals surface area contributed by atoms with E-state index in [1.165, 1.54) is 0 Å². The number of hydrogen-bond acceptors (Lipinski definition) is 2. The second kappa shape index (κ2) is 5.28. The van der Waals surface area contributed by atoms with E-state index in [-0.39, 0.29) is 22.9 Å². The van der Waals surface area contributed by atoms with Gasteiger partial charge < -0.3 is 0 Å². The van der Waals surface area contributed by atoms with E-state index in [1.807, 2.05) is 27.7 Å². The van der Waals surface area contributed by atoms with Crippen LogP contribution >= 0.6 is 0 Å². The van der Waals surface area contributed by atoms with Crippen molar-refractivity contribution < 1.29 is 9.59 Å². The number of Topliss-reactive ketones (excluding diaryl/α,β-unsaturated/α-hetero) is 2. The Balaban J connectivity index is 4.31. The molecule has 82 valence electrons. The molecule has 0 aromatic heterocycles. The molecule has 2 heteroatoms. The SMILES string of the molecule is CCCC(CC(=O)C(C)(C)C)C(C)=O. The Morgan fingerprint density at radius 2 is 1.71 bits per heavy atom. The molecule has 0 radical (unpaired) electrons. The van der Waals surface area contributed by atoms with Crippen molar-refractivity contribution in [1.29, 1.82) is 0 Å². The van der Waals surface area contributed by atoms with Crippen LogP contribution in [0.3, 0.4) is 0 Å². The number of hydrogen-bond donors (Lipinski definition) is 0. The molecule has 0 aliphatic rings. The molecule has 0 aromatic carbocycles. The van der Waals surface area contributed by atoms with Gasteiger partial charge in [0.05, 0.1) is 0 Å². The molecule has 0 saturated carbocycles. The van der Waals surface area contributed by atoms with Crippen LogP contribution in [0.1, 0.15) is 53.9 Å². The van der Waals surface area contributed by atoms with Gasteiger partial charge in [0.2, 0.25) is 0 Å². The lowest BCUT2D eigenvalue weighted by Crippen LogP contribution is -2.25. The maximum Gasteiger partial charge on any atom is 0.138 e. The molecule has 1 unspecified atom stereocenters. The zero-order valence-electron chi connectivity index (χ0n) is 10.0. The molecule has 0 spiro atoms. The Bertz CT molecular complexity index is 211. The molecule has 0 saturated heterocycles. The van der Waals surface area contributed by atoms with Crippen molar-refractivity contribution in [2.75, 3.05) is 0 Å². The lowest BCUT2D eigenvalue weighted by Gasteiger charge is -2.20. The van der Waals surface area contributed by atoms with Crippen molar-refractivity contribution in [3.63, 3.8) is 0 Å². The minimum absolute atomic E-state index is 0.0632.